The van der Waals surface area contributed by atoms with Gasteiger partial charge in [0.25, 0.3) is 0 Å². The van der Waals surface area contributed by atoms with Crippen LogP contribution in [0.25, 0.3) is 0 Å². The van der Waals surface area contributed by atoms with Crippen molar-refractivity contribution in [1.29, 1.82) is 0 Å². The van der Waals surface area contributed by atoms with E-state index in [1.165, 1.54) is 26.4 Å². The van der Waals surface area contributed by atoms with E-state index in [1.54, 1.807) is 12.1 Å². The van der Waals surface area contributed by atoms with Crippen molar-refractivity contribution >= 4 is 27.5 Å². The second kappa shape index (κ2) is 5.70. The number of phenolic OH excluding ortho intramolecular Hbond substituents is 1. The van der Waals surface area contributed by atoms with Gasteiger partial charge in [0.15, 0.2) is 5.78 Å². The van der Waals surface area contributed by atoms with Crippen LogP contribution in [0.15, 0.2) is 24.3 Å². The van der Waals surface area contributed by atoms with E-state index in [0.717, 1.165) is 0 Å². The monoisotopic (exact) mass is 376 g/mol. The quantitative estimate of drug-likeness (QED) is 0.711. The average molecular weight is 377 g/mol. The van der Waals surface area contributed by atoms with Gasteiger partial charge in [-0.2, -0.15) is 0 Å². The third kappa shape index (κ3) is 2.30. The van der Waals surface area contributed by atoms with Gasteiger partial charge in [0.2, 0.25) is 5.78 Å². The zero-order valence-corrected chi connectivity index (χ0v) is 14.1. The van der Waals surface area contributed by atoms with Gasteiger partial charge < -0.3 is 14.6 Å². The lowest BCUT2D eigenvalue weighted by molar-refractivity contribution is 0.0973. The van der Waals surface area contributed by atoms with Crippen LogP contribution in [0.1, 0.15) is 37.4 Å². The van der Waals surface area contributed by atoms with E-state index in [-0.39, 0.29) is 39.5 Å². The Morgan fingerprint density at radius 3 is 2.26 bits per heavy atom. The van der Waals surface area contributed by atoms with E-state index in [2.05, 4.69) is 15.9 Å². The SMILES string of the molecule is COc1cc(OC)c2c(c1)C(=O)c1cc(CBr)cc(O)c1C2=O. The Hall–Kier alpha value is -2.34. The summed E-state index contributed by atoms with van der Waals surface area (Å²) in [5.41, 5.74) is 1.26. The molecule has 5 nitrogen and oxygen atoms in total. The summed E-state index contributed by atoms with van der Waals surface area (Å²) in [5.74, 6) is -0.324. The molecule has 0 bridgehead atoms. The molecular formula is C17H13BrO5. The molecule has 2 aromatic carbocycles. The van der Waals surface area contributed by atoms with Gasteiger partial charge in [-0.25, -0.2) is 0 Å². The Balaban J connectivity index is 2.33. The minimum absolute atomic E-state index is 0.00988. The maximum absolute atomic E-state index is 12.8. The number of ether oxygens (including phenoxy) is 2. The van der Waals surface area contributed by atoms with Gasteiger partial charge in [0.1, 0.15) is 17.2 Å². The molecule has 1 aliphatic rings. The van der Waals surface area contributed by atoms with Crippen LogP contribution in [0.5, 0.6) is 17.2 Å². The average Bonchev–Trinajstić information content (AvgIpc) is 2.57. The topological polar surface area (TPSA) is 72.8 Å². The van der Waals surface area contributed by atoms with Crippen LogP contribution in [0.4, 0.5) is 0 Å². The minimum Gasteiger partial charge on any atom is -0.507 e. The van der Waals surface area contributed by atoms with Crippen molar-refractivity contribution in [3.8, 4) is 17.2 Å². The first kappa shape index (κ1) is 15.6. The van der Waals surface area contributed by atoms with Gasteiger partial charge in [0, 0.05) is 22.5 Å². The molecule has 118 valence electrons. The summed E-state index contributed by atoms with van der Waals surface area (Å²) < 4.78 is 10.4. The molecule has 0 fully saturated rings. The van der Waals surface area contributed by atoms with Crippen molar-refractivity contribution in [3.63, 3.8) is 0 Å². The lowest BCUT2D eigenvalue weighted by Gasteiger charge is -2.21. The van der Waals surface area contributed by atoms with E-state index in [4.69, 9.17) is 9.47 Å². The van der Waals surface area contributed by atoms with Crippen molar-refractivity contribution in [2.24, 2.45) is 0 Å². The number of methoxy groups -OCH3 is 2. The van der Waals surface area contributed by atoms with Crippen LogP contribution in [0, 0.1) is 0 Å². The van der Waals surface area contributed by atoms with E-state index >= 15 is 0 Å². The van der Waals surface area contributed by atoms with Crippen LogP contribution in [0.2, 0.25) is 0 Å². The van der Waals surface area contributed by atoms with Crippen LogP contribution >= 0.6 is 15.9 Å². The second-order valence-corrected chi connectivity index (χ2v) is 5.64. The summed E-state index contributed by atoms with van der Waals surface area (Å²) in [6.45, 7) is 0. The zero-order chi connectivity index (χ0) is 16.7. The lowest BCUT2D eigenvalue weighted by atomic mass is 9.82. The lowest BCUT2D eigenvalue weighted by Crippen LogP contribution is -2.22. The molecule has 0 radical (unpaired) electrons. The first-order valence-electron chi connectivity index (χ1n) is 6.79. The van der Waals surface area contributed by atoms with E-state index < -0.39 is 5.78 Å². The summed E-state index contributed by atoms with van der Waals surface area (Å²) in [5, 5.41) is 10.6. The molecule has 1 N–H and O–H groups in total. The van der Waals surface area contributed by atoms with Crippen molar-refractivity contribution in [1.82, 2.24) is 0 Å². The molecule has 0 aliphatic heterocycles. The Bertz CT molecular complexity index is 841. The second-order valence-electron chi connectivity index (χ2n) is 5.08. The van der Waals surface area contributed by atoms with Crippen molar-refractivity contribution in [2.75, 3.05) is 14.2 Å². The van der Waals surface area contributed by atoms with Gasteiger partial charge >= 0.3 is 0 Å². The van der Waals surface area contributed by atoms with Gasteiger partial charge in [-0.3, -0.25) is 9.59 Å². The summed E-state index contributed by atoms with van der Waals surface area (Å²) >= 11 is 3.28. The number of fused-ring (bicyclic) bond motifs is 2. The number of aromatic hydroxyl groups is 1. The first-order chi connectivity index (χ1) is 11.0. The van der Waals surface area contributed by atoms with Crippen molar-refractivity contribution in [2.45, 2.75) is 5.33 Å². The summed E-state index contributed by atoms with van der Waals surface area (Å²) in [7, 11) is 2.88. The number of carbonyl (C=O) groups excluding carboxylic acids is 2. The Labute approximate surface area is 141 Å². The molecule has 0 aromatic heterocycles. The molecule has 0 saturated heterocycles. The van der Waals surface area contributed by atoms with Gasteiger partial charge in [-0.05, 0) is 23.8 Å². The van der Waals surface area contributed by atoms with Crippen LogP contribution in [-0.4, -0.2) is 30.9 Å². The molecule has 23 heavy (non-hydrogen) atoms. The molecule has 0 atom stereocenters. The predicted octanol–water partition coefficient (Wildman–Crippen LogP) is 3.08. The molecule has 0 amide bonds. The summed E-state index contributed by atoms with van der Waals surface area (Å²) in [6, 6.07) is 6.14. The number of phenols is 1. The highest BCUT2D eigenvalue weighted by molar-refractivity contribution is 9.08. The van der Waals surface area contributed by atoms with Gasteiger partial charge in [0.05, 0.1) is 25.3 Å². The summed E-state index contributed by atoms with van der Waals surface area (Å²) in [6.07, 6.45) is 0. The highest BCUT2D eigenvalue weighted by atomic mass is 79.9. The largest absolute Gasteiger partial charge is 0.507 e. The number of benzene rings is 2. The normalized spacial score (nSPS) is 12.7. The van der Waals surface area contributed by atoms with Gasteiger partial charge in [-0.1, -0.05) is 15.9 Å². The molecule has 0 unspecified atom stereocenters. The Morgan fingerprint density at radius 1 is 0.957 bits per heavy atom. The molecule has 3 rings (SSSR count). The van der Waals surface area contributed by atoms with Crippen molar-refractivity contribution < 1.29 is 24.2 Å². The minimum atomic E-state index is -0.437. The fourth-order valence-electron chi connectivity index (χ4n) is 2.73. The highest BCUT2D eigenvalue weighted by Gasteiger charge is 2.35. The van der Waals surface area contributed by atoms with E-state index in [9.17, 15) is 14.7 Å². The van der Waals surface area contributed by atoms with Crippen LogP contribution in [-0.2, 0) is 5.33 Å². The maximum Gasteiger partial charge on any atom is 0.201 e. The third-order valence-corrected chi connectivity index (χ3v) is 4.45. The number of alkyl halides is 1. The predicted molar refractivity (Wildman–Crippen MR) is 87.1 cm³/mol. The summed E-state index contributed by atoms with van der Waals surface area (Å²) in [4.78, 5) is 25.6. The van der Waals surface area contributed by atoms with Crippen molar-refractivity contribution in [3.05, 3.63) is 52.1 Å². The zero-order valence-electron chi connectivity index (χ0n) is 12.5. The maximum atomic E-state index is 12.8. The standard InChI is InChI=1S/C17H13BrO5/c1-22-9-5-11-15(13(6-9)23-2)17(21)14-10(16(11)20)3-8(7-18)4-12(14)19/h3-6,19H,7H2,1-2H3. The molecule has 1 aliphatic carbocycles. The fraction of sp³-hybridized carbons (Fsp3) is 0.176. The number of ketones is 2. The first-order valence-corrected chi connectivity index (χ1v) is 7.91. The number of halogens is 1. The molecule has 2 aromatic rings. The van der Waals surface area contributed by atoms with E-state index in [0.29, 0.717) is 16.6 Å². The molecule has 6 heteroatoms. The molecule has 0 spiro atoms. The van der Waals surface area contributed by atoms with E-state index in [1.807, 2.05) is 0 Å². The fourth-order valence-corrected chi connectivity index (χ4v) is 3.06. The number of carbonyl (C=O) groups is 2. The van der Waals surface area contributed by atoms with Crippen LogP contribution < -0.4 is 9.47 Å². The number of hydrogen-bond donors (Lipinski definition) is 1. The smallest absolute Gasteiger partial charge is 0.201 e. The highest BCUT2D eigenvalue weighted by Crippen LogP contribution is 2.39. The number of rotatable bonds is 3. The Kier molecular flexibility index (Phi) is 3.85. The molecular weight excluding hydrogens is 364 g/mol. The molecule has 0 heterocycles. The Morgan fingerprint density at radius 2 is 1.65 bits per heavy atom. The molecule has 0 saturated carbocycles. The van der Waals surface area contributed by atoms with Gasteiger partial charge in [-0.15, -0.1) is 0 Å². The third-order valence-electron chi connectivity index (χ3n) is 3.81. The number of hydrogen-bond acceptors (Lipinski definition) is 5. The van der Waals surface area contributed by atoms with Crippen LogP contribution in [0.3, 0.4) is 0 Å².